The molecular formula is C10H17F3N2O3. The Morgan fingerprint density at radius 3 is 2.17 bits per heavy atom. The number of amides is 1. The molecule has 8 heteroatoms. The molecule has 0 aromatic rings. The Labute approximate surface area is 103 Å². The molecule has 1 fully saturated rings. The maximum absolute atomic E-state index is 11.1. The lowest BCUT2D eigenvalue weighted by Crippen LogP contribution is -2.40. The van der Waals surface area contributed by atoms with Crippen molar-refractivity contribution in [2.75, 3.05) is 6.54 Å². The van der Waals surface area contributed by atoms with Crippen LogP contribution in [0.15, 0.2) is 0 Å². The topological polar surface area (TPSA) is 92.4 Å². The maximum Gasteiger partial charge on any atom is 0.490 e. The summed E-state index contributed by atoms with van der Waals surface area (Å²) < 4.78 is 31.7. The molecule has 1 aliphatic rings. The third-order valence-electron chi connectivity index (χ3n) is 2.28. The second-order valence-electron chi connectivity index (χ2n) is 4.01. The van der Waals surface area contributed by atoms with Gasteiger partial charge in [0.15, 0.2) is 0 Å². The largest absolute Gasteiger partial charge is 0.490 e. The molecule has 0 aliphatic heterocycles. The lowest BCUT2D eigenvalue weighted by Gasteiger charge is -2.08. The summed E-state index contributed by atoms with van der Waals surface area (Å²) in [6, 6.07) is -0.311. The van der Waals surface area contributed by atoms with Crippen LogP contribution in [0.1, 0.15) is 26.2 Å². The van der Waals surface area contributed by atoms with E-state index in [4.69, 9.17) is 15.6 Å². The van der Waals surface area contributed by atoms with Crippen LogP contribution in [0.3, 0.4) is 0 Å². The minimum atomic E-state index is -5.08. The molecule has 0 saturated heterocycles. The highest BCUT2D eigenvalue weighted by atomic mass is 19.4. The van der Waals surface area contributed by atoms with Gasteiger partial charge in [0.2, 0.25) is 5.91 Å². The molecule has 18 heavy (non-hydrogen) atoms. The predicted molar refractivity (Wildman–Crippen MR) is 57.7 cm³/mol. The van der Waals surface area contributed by atoms with Crippen molar-refractivity contribution in [3.8, 4) is 0 Å². The van der Waals surface area contributed by atoms with Crippen molar-refractivity contribution < 1.29 is 27.9 Å². The molecule has 5 nitrogen and oxygen atoms in total. The van der Waals surface area contributed by atoms with Crippen LogP contribution in [-0.2, 0) is 9.59 Å². The van der Waals surface area contributed by atoms with Crippen LogP contribution in [-0.4, -0.2) is 35.7 Å². The van der Waals surface area contributed by atoms with Gasteiger partial charge < -0.3 is 16.2 Å². The van der Waals surface area contributed by atoms with E-state index in [0.717, 1.165) is 18.9 Å². The van der Waals surface area contributed by atoms with Crippen LogP contribution >= 0.6 is 0 Å². The molecule has 106 valence electrons. The molecule has 0 unspecified atom stereocenters. The van der Waals surface area contributed by atoms with Gasteiger partial charge in [0.25, 0.3) is 0 Å². The van der Waals surface area contributed by atoms with Crippen molar-refractivity contribution in [3.05, 3.63) is 0 Å². The summed E-state index contributed by atoms with van der Waals surface area (Å²) in [6.07, 6.45) is -1.83. The number of hydrogen-bond donors (Lipinski definition) is 3. The first-order valence-corrected chi connectivity index (χ1v) is 5.51. The van der Waals surface area contributed by atoms with Crippen LogP contribution in [0.2, 0.25) is 0 Å². The van der Waals surface area contributed by atoms with Gasteiger partial charge in [-0.2, -0.15) is 13.2 Å². The average Bonchev–Trinajstić information content (AvgIpc) is 3.08. The van der Waals surface area contributed by atoms with Gasteiger partial charge in [-0.05, 0) is 25.2 Å². The lowest BCUT2D eigenvalue weighted by atomic mass is 10.2. The van der Waals surface area contributed by atoms with Crippen LogP contribution < -0.4 is 11.1 Å². The molecule has 1 aliphatic carbocycles. The van der Waals surface area contributed by atoms with E-state index in [2.05, 4.69) is 5.32 Å². The first kappa shape index (κ1) is 16.7. The average molecular weight is 270 g/mol. The quantitative estimate of drug-likeness (QED) is 0.707. The first-order chi connectivity index (χ1) is 8.18. The summed E-state index contributed by atoms with van der Waals surface area (Å²) in [5, 5.41) is 9.96. The number of nitrogens with two attached hydrogens (primary N) is 1. The van der Waals surface area contributed by atoms with Crippen molar-refractivity contribution in [2.45, 2.75) is 38.4 Å². The Kier molecular flexibility index (Phi) is 6.67. The van der Waals surface area contributed by atoms with Crippen molar-refractivity contribution in [2.24, 2.45) is 11.7 Å². The zero-order valence-corrected chi connectivity index (χ0v) is 9.96. The van der Waals surface area contributed by atoms with E-state index in [9.17, 15) is 18.0 Å². The number of carbonyl (C=O) groups excluding carboxylic acids is 1. The Bertz CT molecular complexity index is 291. The van der Waals surface area contributed by atoms with Crippen LogP contribution in [0.4, 0.5) is 13.2 Å². The van der Waals surface area contributed by atoms with Crippen molar-refractivity contribution in [3.63, 3.8) is 0 Å². The highest BCUT2D eigenvalue weighted by molar-refractivity contribution is 5.81. The van der Waals surface area contributed by atoms with E-state index in [0.29, 0.717) is 0 Å². The SMILES string of the molecule is CC[C@H](N)C(=O)NCC1CC1.O=C(O)C(F)(F)F. The molecule has 0 bridgehead atoms. The highest BCUT2D eigenvalue weighted by Crippen LogP contribution is 2.27. The number of aliphatic carboxylic acids is 1. The van der Waals surface area contributed by atoms with Crippen molar-refractivity contribution in [1.82, 2.24) is 5.32 Å². The molecule has 0 heterocycles. The number of alkyl halides is 3. The summed E-state index contributed by atoms with van der Waals surface area (Å²) in [4.78, 5) is 20.0. The van der Waals surface area contributed by atoms with E-state index < -0.39 is 12.1 Å². The molecule has 0 radical (unpaired) electrons. The second-order valence-corrected chi connectivity index (χ2v) is 4.01. The molecule has 4 N–H and O–H groups in total. The fraction of sp³-hybridized carbons (Fsp3) is 0.800. The Morgan fingerprint density at radius 2 is 1.89 bits per heavy atom. The number of nitrogens with one attached hydrogen (secondary N) is 1. The summed E-state index contributed by atoms with van der Waals surface area (Å²) in [6.45, 7) is 2.74. The normalized spacial score (nSPS) is 16.3. The molecule has 1 rings (SSSR count). The standard InChI is InChI=1S/C8H16N2O.C2HF3O2/c1-2-7(9)8(11)10-5-6-3-4-6;3-2(4,5)1(6)7/h6-7H,2-5,9H2,1H3,(H,10,11);(H,6,7)/t7-;/m0./s1. The zero-order chi connectivity index (χ0) is 14.3. The number of halogens is 3. The highest BCUT2D eigenvalue weighted by Gasteiger charge is 2.38. The molecule has 1 saturated carbocycles. The summed E-state index contributed by atoms with van der Waals surface area (Å²) in [7, 11) is 0. The number of rotatable bonds is 4. The van der Waals surface area contributed by atoms with Crippen LogP contribution in [0.5, 0.6) is 0 Å². The van der Waals surface area contributed by atoms with Crippen molar-refractivity contribution >= 4 is 11.9 Å². The molecule has 1 atom stereocenters. The van der Waals surface area contributed by atoms with Gasteiger partial charge in [0, 0.05) is 6.54 Å². The van der Waals surface area contributed by atoms with E-state index in [-0.39, 0.29) is 11.9 Å². The van der Waals surface area contributed by atoms with Crippen LogP contribution in [0, 0.1) is 5.92 Å². The van der Waals surface area contributed by atoms with E-state index in [1.807, 2.05) is 6.92 Å². The minimum absolute atomic E-state index is 0.000556. The van der Waals surface area contributed by atoms with Crippen molar-refractivity contribution in [1.29, 1.82) is 0 Å². The Hall–Kier alpha value is -1.31. The van der Waals surface area contributed by atoms with E-state index >= 15 is 0 Å². The van der Waals surface area contributed by atoms with Gasteiger partial charge in [0.1, 0.15) is 0 Å². The van der Waals surface area contributed by atoms with Gasteiger partial charge in [-0.15, -0.1) is 0 Å². The summed E-state index contributed by atoms with van der Waals surface area (Å²) in [5.74, 6) is -2.02. The third-order valence-corrected chi connectivity index (χ3v) is 2.28. The number of carboxylic acid groups (broad SMARTS) is 1. The molecule has 0 aromatic carbocycles. The van der Waals surface area contributed by atoms with E-state index in [1.54, 1.807) is 0 Å². The minimum Gasteiger partial charge on any atom is -0.475 e. The first-order valence-electron chi connectivity index (χ1n) is 5.51. The number of carboxylic acids is 1. The number of hydrogen-bond acceptors (Lipinski definition) is 3. The maximum atomic E-state index is 11.1. The van der Waals surface area contributed by atoms with Crippen LogP contribution in [0.25, 0.3) is 0 Å². The smallest absolute Gasteiger partial charge is 0.475 e. The fourth-order valence-electron chi connectivity index (χ4n) is 0.883. The van der Waals surface area contributed by atoms with Gasteiger partial charge in [-0.25, -0.2) is 4.79 Å². The molecular weight excluding hydrogens is 253 g/mol. The van der Waals surface area contributed by atoms with Gasteiger partial charge >= 0.3 is 12.1 Å². The van der Waals surface area contributed by atoms with Gasteiger partial charge in [0.05, 0.1) is 6.04 Å². The lowest BCUT2D eigenvalue weighted by molar-refractivity contribution is -0.192. The van der Waals surface area contributed by atoms with E-state index in [1.165, 1.54) is 12.8 Å². The van der Waals surface area contributed by atoms with Gasteiger partial charge in [-0.3, -0.25) is 4.79 Å². The summed E-state index contributed by atoms with van der Waals surface area (Å²) >= 11 is 0. The Balaban J connectivity index is 0.000000360. The Morgan fingerprint density at radius 1 is 1.44 bits per heavy atom. The fourth-order valence-corrected chi connectivity index (χ4v) is 0.883. The molecule has 0 aromatic heterocycles. The summed E-state index contributed by atoms with van der Waals surface area (Å²) in [5.41, 5.74) is 5.51. The van der Waals surface area contributed by atoms with Gasteiger partial charge in [-0.1, -0.05) is 6.92 Å². The monoisotopic (exact) mass is 270 g/mol. The third kappa shape index (κ3) is 7.88. The predicted octanol–water partition coefficient (Wildman–Crippen LogP) is 0.883. The second kappa shape index (κ2) is 7.20. The zero-order valence-electron chi connectivity index (χ0n) is 9.96. The molecule has 0 spiro atoms. The molecule has 1 amide bonds. The number of carbonyl (C=O) groups is 2.